The van der Waals surface area contributed by atoms with Gasteiger partial charge >= 0.3 is 0 Å². The maximum absolute atomic E-state index is 12.5. The van der Waals surface area contributed by atoms with Crippen molar-refractivity contribution < 1.29 is 29.4 Å². The molecule has 0 fully saturated rings. The molecule has 10 nitrogen and oxygen atoms in total. The molecule has 0 aliphatic rings. The van der Waals surface area contributed by atoms with Gasteiger partial charge in [0.05, 0.1) is 11.1 Å². The third-order valence-corrected chi connectivity index (χ3v) is 7.81. The summed E-state index contributed by atoms with van der Waals surface area (Å²) in [5.41, 5.74) is 11.5. The molecule has 0 aliphatic heterocycles. The van der Waals surface area contributed by atoms with Crippen LogP contribution in [0.25, 0.3) is 0 Å². The van der Waals surface area contributed by atoms with E-state index in [0.717, 1.165) is 75.3 Å². The van der Waals surface area contributed by atoms with Crippen LogP contribution in [0.5, 0.6) is 11.5 Å². The first-order valence-electron chi connectivity index (χ1n) is 15.1. The van der Waals surface area contributed by atoms with Gasteiger partial charge in [0.15, 0.2) is 0 Å². The summed E-state index contributed by atoms with van der Waals surface area (Å²) >= 11 is 1.37. The van der Waals surface area contributed by atoms with Gasteiger partial charge in [0.1, 0.15) is 11.5 Å². The number of benzene rings is 2. The number of carbonyl (C=O) groups excluding carboxylic acids is 4. The highest BCUT2D eigenvalue weighted by molar-refractivity contribution is 7.99. The molecular formula is C32H46N4O6S. The Balaban J connectivity index is 1.63. The molecule has 0 saturated heterocycles. The topological polar surface area (TPSA) is 157 Å². The third-order valence-electron chi connectivity index (χ3n) is 6.83. The van der Waals surface area contributed by atoms with E-state index in [2.05, 4.69) is 35.6 Å². The number of unbranched alkanes of at least 4 members (excludes halogenated alkanes) is 6. The van der Waals surface area contributed by atoms with Gasteiger partial charge in [0.2, 0.25) is 11.8 Å². The summed E-state index contributed by atoms with van der Waals surface area (Å²) in [7, 11) is 0. The summed E-state index contributed by atoms with van der Waals surface area (Å²) in [6.45, 7) is 4.28. The van der Waals surface area contributed by atoms with E-state index >= 15 is 0 Å². The minimum absolute atomic E-state index is 0.103. The molecule has 11 heteroatoms. The Kier molecular flexibility index (Phi) is 16.7. The maximum atomic E-state index is 12.5. The molecule has 4 amide bonds. The fourth-order valence-corrected chi connectivity index (χ4v) is 5.16. The standard InChI is InChI=1S/C32H46N4O6S/c1-3-5-7-9-11-23-13-15-27(37)25(21-23)31(41)35-33-29(39)17-19-43-20-18-30(40)34-36-32(42)26-22-24(14-16-28(26)38)12-10-8-6-4-2/h13-16,21-22,37-38H,3-12,17-20H2,1-2H3,(H,33,39)(H,34,40)(H,35,41)(H,36,42). The first-order valence-corrected chi connectivity index (χ1v) is 16.3. The summed E-state index contributed by atoms with van der Waals surface area (Å²) < 4.78 is 0. The molecule has 0 aliphatic carbocycles. The monoisotopic (exact) mass is 614 g/mol. The van der Waals surface area contributed by atoms with Crippen LogP contribution in [0.2, 0.25) is 0 Å². The number of rotatable bonds is 18. The number of hydrazine groups is 2. The zero-order valence-electron chi connectivity index (χ0n) is 25.3. The van der Waals surface area contributed by atoms with E-state index < -0.39 is 23.6 Å². The van der Waals surface area contributed by atoms with Crippen LogP contribution in [-0.4, -0.2) is 45.3 Å². The molecule has 43 heavy (non-hydrogen) atoms. The first-order chi connectivity index (χ1) is 20.7. The Hall–Kier alpha value is -3.73. The van der Waals surface area contributed by atoms with Crippen molar-refractivity contribution in [2.75, 3.05) is 11.5 Å². The van der Waals surface area contributed by atoms with E-state index in [0.29, 0.717) is 11.5 Å². The van der Waals surface area contributed by atoms with Crippen LogP contribution >= 0.6 is 11.8 Å². The average Bonchev–Trinajstić information content (AvgIpc) is 3.00. The van der Waals surface area contributed by atoms with E-state index in [9.17, 15) is 29.4 Å². The van der Waals surface area contributed by atoms with Gasteiger partial charge in [-0.2, -0.15) is 11.8 Å². The maximum Gasteiger partial charge on any atom is 0.273 e. The Morgan fingerprint density at radius 2 is 1.02 bits per heavy atom. The van der Waals surface area contributed by atoms with Crippen molar-refractivity contribution in [2.24, 2.45) is 0 Å². The summed E-state index contributed by atoms with van der Waals surface area (Å²) in [5.74, 6) is -1.48. The van der Waals surface area contributed by atoms with Gasteiger partial charge in [-0.1, -0.05) is 64.5 Å². The van der Waals surface area contributed by atoms with Crippen LogP contribution < -0.4 is 21.7 Å². The number of aryl methyl sites for hydroxylation is 2. The molecule has 0 radical (unpaired) electrons. The Morgan fingerprint density at radius 3 is 1.42 bits per heavy atom. The number of thioether (sulfide) groups is 1. The summed E-state index contributed by atoms with van der Waals surface area (Å²) in [5, 5.41) is 20.1. The predicted molar refractivity (Wildman–Crippen MR) is 170 cm³/mol. The van der Waals surface area contributed by atoms with Gasteiger partial charge in [-0.3, -0.25) is 40.9 Å². The molecule has 0 unspecified atom stereocenters. The van der Waals surface area contributed by atoms with Crippen LogP contribution in [0.3, 0.4) is 0 Å². The second kappa shape index (κ2) is 20.2. The molecule has 0 bridgehead atoms. The number of hydrogen-bond donors (Lipinski definition) is 6. The third kappa shape index (κ3) is 13.9. The SMILES string of the molecule is CCCCCCc1ccc(O)c(C(=O)NNC(=O)CCSCCC(=O)NNC(=O)c2cc(CCCCCC)ccc2O)c1. The van der Waals surface area contributed by atoms with Crippen molar-refractivity contribution in [1.82, 2.24) is 21.7 Å². The van der Waals surface area contributed by atoms with Gasteiger partial charge in [0.25, 0.3) is 11.8 Å². The molecule has 0 saturated carbocycles. The van der Waals surface area contributed by atoms with Crippen LogP contribution in [0, 0.1) is 0 Å². The molecule has 2 aromatic rings. The molecule has 2 rings (SSSR count). The molecule has 0 atom stereocenters. The van der Waals surface area contributed by atoms with Crippen LogP contribution in [0.15, 0.2) is 36.4 Å². The van der Waals surface area contributed by atoms with Crippen molar-refractivity contribution in [3.05, 3.63) is 58.7 Å². The van der Waals surface area contributed by atoms with E-state index in [-0.39, 0.29) is 35.5 Å². The van der Waals surface area contributed by atoms with Crippen molar-refractivity contribution in [3.8, 4) is 11.5 Å². The number of hydrogen-bond acceptors (Lipinski definition) is 7. The zero-order valence-corrected chi connectivity index (χ0v) is 26.1. The average molecular weight is 615 g/mol. The van der Waals surface area contributed by atoms with Gasteiger partial charge in [0, 0.05) is 24.3 Å². The Bertz CT molecular complexity index is 1110. The lowest BCUT2D eigenvalue weighted by atomic mass is 10.0. The van der Waals surface area contributed by atoms with E-state index in [1.807, 2.05) is 0 Å². The Morgan fingerprint density at radius 1 is 0.605 bits per heavy atom. The molecule has 236 valence electrons. The zero-order chi connectivity index (χ0) is 31.5. The number of nitrogens with one attached hydrogen (secondary N) is 4. The second-order valence-electron chi connectivity index (χ2n) is 10.4. The summed E-state index contributed by atoms with van der Waals surface area (Å²) in [6.07, 6.45) is 10.6. The molecule has 2 aromatic carbocycles. The van der Waals surface area contributed by atoms with E-state index in [4.69, 9.17) is 0 Å². The van der Waals surface area contributed by atoms with E-state index in [1.54, 1.807) is 24.3 Å². The van der Waals surface area contributed by atoms with Gasteiger partial charge in [-0.25, -0.2) is 0 Å². The van der Waals surface area contributed by atoms with Gasteiger partial charge in [-0.05, 0) is 61.1 Å². The largest absolute Gasteiger partial charge is 0.507 e. The molecular weight excluding hydrogens is 568 g/mol. The molecule has 0 aromatic heterocycles. The lowest BCUT2D eigenvalue weighted by Crippen LogP contribution is -2.42. The van der Waals surface area contributed by atoms with Crippen LogP contribution in [0.1, 0.15) is 110 Å². The number of carbonyl (C=O) groups is 4. The van der Waals surface area contributed by atoms with Crippen molar-refractivity contribution >= 4 is 35.4 Å². The van der Waals surface area contributed by atoms with Crippen molar-refractivity contribution in [2.45, 2.75) is 90.9 Å². The minimum Gasteiger partial charge on any atom is -0.507 e. The highest BCUT2D eigenvalue weighted by atomic mass is 32.2. The lowest BCUT2D eigenvalue weighted by molar-refractivity contribution is -0.122. The predicted octanol–water partition coefficient (Wildman–Crippen LogP) is 5.08. The molecule has 0 spiro atoms. The quantitative estimate of drug-likeness (QED) is 0.101. The highest BCUT2D eigenvalue weighted by Crippen LogP contribution is 2.21. The van der Waals surface area contributed by atoms with Crippen LogP contribution in [-0.2, 0) is 22.4 Å². The fraction of sp³-hybridized carbons (Fsp3) is 0.500. The number of phenols is 2. The second-order valence-corrected chi connectivity index (χ2v) is 11.7. The minimum atomic E-state index is -0.598. The van der Waals surface area contributed by atoms with Gasteiger partial charge < -0.3 is 10.2 Å². The lowest BCUT2D eigenvalue weighted by Gasteiger charge is -2.11. The summed E-state index contributed by atoms with van der Waals surface area (Å²) in [4.78, 5) is 49.2. The fourth-order valence-electron chi connectivity index (χ4n) is 4.30. The number of aromatic hydroxyl groups is 2. The van der Waals surface area contributed by atoms with Crippen molar-refractivity contribution in [1.29, 1.82) is 0 Å². The number of amides is 4. The van der Waals surface area contributed by atoms with Crippen LogP contribution in [0.4, 0.5) is 0 Å². The van der Waals surface area contributed by atoms with Crippen molar-refractivity contribution in [3.63, 3.8) is 0 Å². The van der Waals surface area contributed by atoms with E-state index in [1.165, 1.54) is 23.9 Å². The first kappa shape index (κ1) is 35.5. The smallest absolute Gasteiger partial charge is 0.273 e. The normalized spacial score (nSPS) is 10.7. The summed E-state index contributed by atoms with van der Waals surface area (Å²) in [6, 6.07) is 9.84. The molecule has 0 heterocycles. The Labute approximate surface area is 258 Å². The molecule has 6 N–H and O–H groups in total. The number of phenolic OH excluding ortho intramolecular Hbond substituents is 2. The van der Waals surface area contributed by atoms with Gasteiger partial charge in [-0.15, -0.1) is 0 Å². The highest BCUT2D eigenvalue weighted by Gasteiger charge is 2.15.